The fraction of sp³-hybridized carbons (Fsp3) is 0.457. The highest BCUT2D eigenvalue weighted by Crippen LogP contribution is 2.37. The molecule has 0 aliphatic carbocycles. The van der Waals surface area contributed by atoms with Crippen molar-refractivity contribution in [3.05, 3.63) is 81.1 Å². The number of nitrogens with one attached hydrogen (secondary N) is 2. The number of aryl methyl sites for hydroxylation is 1. The van der Waals surface area contributed by atoms with Crippen LogP contribution >= 0.6 is 35.1 Å². The van der Waals surface area contributed by atoms with Gasteiger partial charge in [0.15, 0.2) is 11.0 Å². The molecule has 10 N–H and O–H groups in total. The maximum Gasteiger partial charge on any atom is 0.354 e. The van der Waals surface area contributed by atoms with E-state index in [1.54, 1.807) is 36.2 Å². The van der Waals surface area contributed by atoms with Gasteiger partial charge in [-0.2, -0.15) is 4.98 Å². The van der Waals surface area contributed by atoms with Crippen molar-refractivity contribution in [1.29, 1.82) is 5.41 Å². The van der Waals surface area contributed by atoms with Crippen molar-refractivity contribution in [2.24, 2.45) is 22.9 Å². The molecule has 5 rings (SSSR count). The number of aromatic amines is 1. The fourth-order valence-electron chi connectivity index (χ4n) is 6.71. The average molecular weight is 728 g/mol. The van der Waals surface area contributed by atoms with Gasteiger partial charge in [0.25, 0.3) is 0 Å². The van der Waals surface area contributed by atoms with Crippen LogP contribution in [-0.2, 0) is 6.42 Å². The van der Waals surface area contributed by atoms with Crippen molar-refractivity contribution in [2.75, 3.05) is 18.1 Å². The van der Waals surface area contributed by atoms with Crippen LogP contribution in [0.4, 0.5) is 4.39 Å². The number of likely N-dealkylation sites (tertiary alicyclic amines) is 1. The number of thioether (sulfide) groups is 2. The van der Waals surface area contributed by atoms with Gasteiger partial charge in [0.2, 0.25) is 0 Å². The lowest BCUT2D eigenvalue weighted by atomic mass is 9.89. The van der Waals surface area contributed by atoms with Gasteiger partial charge >= 0.3 is 5.69 Å². The standard InChI is InChI=1S/C35H47ClFN9OS2/c1-21(38)5-2-6-22-17-27(31(37)28(36)18-22)29-19-24-20-46(35(47)44-32(24)43-29)26-11-9-23(10-12-26)30-8-3-7-25(13-16-49-34(41)42)45(30)14-4-15-48-33(39)40/h9-12,17-21,25,30,33H,2-8,13-16,38-40H2,1H3,(H3,41,42)(H,43,44,47)/t21-,25-,30-/m0/s1. The van der Waals surface area contributed by atoms with Gasteiger partial charge in [-0.15, -0.1) is 11.8 Å². The van der Waals surface area contributed by atoms with Crippen molar-refractivity contribution >= 4 is 51.3 Å². The molecule has 4 aromatic rings. The molecular weight excluding hydrogens is 681 g/mol. The van der Waals surface area contributed by atoms with Crippen LogP contribution in [0.3, 0.4) is 0 Å². The summed E-state index contributed by atoms with van der Waals surface area (Å²) in [5.41, 5.74) is 26.2. The first-order valence-corrected chi connectivity index (χ1v) is 19.2. The first kappa shape index (κ1) is 37.3. The molecule has 49 heavy (non-hydrogen) atoms. The van der Waals surface area contributed by atoms with Gasteiger partial charge < -0.3 is 27.9 Å². The van der Waals surface area contributed by atoms with Crippen molar-refractivity contribution in [3.63, 3.8) is 0 Å². The summed E-state index contributed by atoms with van der Waals surface area (Å²) in [6, 6.07) is 14.1. The Labute approximate surface area is 300 Å². The van der Waals surface area contributed by atoms with E-state index in [0.717, 1.165) is 75.0 Å². The Hall–Kier alpha value is -2.91. The molecule has 0 amide bonds. The average Bonchev–Trinajstić information content (AvgIpc) is 3.47. The summed E-state index contributed by atoms with van der Waals surface area (Å²) < 4.78 is 16.8. The molecule has 10 nitrogen and oxygen atoms in total. The van der Waals surface area contributed by atoms with E-state index in [4.69, 9.17) is 39.9 Å². The third-order valence-corrected chi connectivity index (χ3v) is 11.0. The molecular formula is C35H47ClFN9OS2. The van der Waals surface area contributed by atoms with Gasteiger partial charge in [-0.05, 0) is 112 Å². The first-order chi connectivity index (χ1) is 23.5. The van der Waals surface area contributed by atoms with Crippen LogP contribution in [0, 0.1) is 11.2 Å². The number of H-pyrrole nitrogens is 1. The Bertz CT molecular complexity index is 1780. The highest BCUT2D eigenvalue weighted by molar-refractivity contribution is 8.13. The van der Waals surface area contributed by atoms with Crippen LogP contribution in [-0.4, -0.2) is 60.2 Å². The van der Waals surface area contributed by atoms with E-state index in [0.29, 0.717) is 34.0 Å². The molecule has 1 aliphatic rings. The van der Waals surface area contributed by atoms with E-state index in [1.807, 2.05) is 19.1 Å². The van der Waals surface area contributed by atoms with E-state index >= 15 is 4.39 Å². The smallest absolute Gasteiger partial charge is 0.354 e. The first-order valence-electron chi connectivity index (χ1n) is 16.8. The van der Waals surface area contributed by atoms with Gasteiger partial charge in [-0.3, -0.25) is 14.9 Å². The molecule has 2 aromatic heterocycles. The van der Waals surface area contributed by atoms with Crippen LogP contribution in [0.5, 0.6) is 0 Å². The van der Waals surface area contributed by atoms with Gasteiger partial charge in [-0.25, -0.2) is 9.18 Å². The summed E-state index contributed by atoms with van der Waals surface area (Å²) in [7, 11) is 0. The molecule has 0 saturated carbocycles. The molecule has 2 aromatic carbocycles. The molecule has 3 atom stereocenters. The topological polar surface area (TPSA) is 182 Å². The number of nitrogens with zero attached hydrogens (tertiary/aromatic N) is 3. The number of amidine groups is 1. The summed E-state index contributed by atoms with van der Waals surface area (Å²) >= 11 is 9.24. The molecule has 0 unspecified atom stereocenters. The molecule has 1 fully saturated rings. The second-order valence-corrected chi connectivity index (χ2v) is 15.6. The zero-order valence-electron chi connectivity index (χ0n) is 27.8. The highest BCUT2D eigenvalue weighted by Gasteiger charge is 2.31. The van der Waals surface area contributed by atoms with E-state index in [1.165, 1.54) is 21.9 Å². The predicted octanol–water partition coefficient (Wildman–Crippen LogP) is 6.08. The number of benzene rings is 2. The molecule has 1 aliphatic heterocycles. The van der Waals surface area contributed by atoms with Crippen molar-refractivity contribution in [1.82, 2.24) is 19.4 Å². The van der Waals surface area contributed by atoms with E-state index < -0.39 is 11.5 Å². The maximum atomic E-state index is 15.2. The van der Waals surface area contributed by atoms with E-state index in [2.05, 4.69) is 27.0 Å². The summed E-state index contributed by atoms with van der Waals surface area (Å²) in [5, 5.41) is 8.48. The molecule has 0 bridgehead atoms. The summed E-state index contributed by atoms with van der Waals surface area (Å²) in [6.07, 6.45) is 9.36. The molecule has 14 heteroatoms. The van der Waals surface area contributed by atoms with Crippen LogP contribution in [0.1, 0.15) is 69.0 Å². The largest absolute Gasteiger partial charge is 0.379 e. The SMILES string of the molecule is C[C@H](N)CCCc1cc(Cl)c(F)c(-c2cc3cn(-c4ccc([C@@H]5CCC[C@@H](CCSC(=N)N)N5CCCSC(N)N)cc4)c(=O)nc3[nH]2)c1. The van der Waals surface area contributed by atoms with Crippen molar-refractivity contribution in [3.8, 4) is 16.9 Å². The fourth-order valence-corrected chi connectivity index (χ4v) is 8.13. The highest BCUT2D eigenvalue weighted by atomic mass is 35.5. The molecule has 264 valence electrons. The van der Waals surface area contributed by atoms with Gasteiger partial charge in [0.05, 0.1) is 16.4 Å². The number of fused-ring (bicyclic) bond motifs is 1. The monoisotopic (exact) mass is 727 g/mol. The number of piperidine rings is 1. The zero-order chi connectivity index (χ0) is 35.1. The molecule has 0 spiro atoms. The van der Waals surface area contributed by atoms with Crippen molar-refractivity contribution in [2.45, 2.75) is 81.9 Å². The maximum absolute atomic E-state index is 15.2. The van der Waals surface area contributed by atoms with Gasteiger partial charge in [0, 0.05) is 41.0 Å². The molecule has 3 heterocycles. The molecule has 1 saturated heterocycles. The Morgan fingerprint density at radius 1 is 1.14 bits per heavy atom. The number of nitrogens with two attached hydrogens (primary N) is 4. The summed E-state index contributed by atoms with van der Waals surface area (Å²) in [6.45, 7) is 2.88. The molecule has 0 radical (unpaired) electrons. The Balaban J connectivity index is 1.37. The summed E-state index contributed by atoms with van der Waals surface area (Å²) in [5.74, 6) is 1.17. The van der Waals surface area contributed by atoms with Crippen LogP contribution < -0.4 is 28.6 Å². The number of aromatic nitrogens is 3. The number of rotatable bonds is 15. The lowest BCUT2D eigenvalue weighted by molar-refractivity contribution is 0.0809. The quantitative estimate of drug-likeness (QED) is 0.0366. The van der Waals surface area contributed by atoms with Crippen molar-refractivity contribution < 1.29 is 4.39 Å². The summed E-state index contributed by atoms with van der Waals surface area (Å²) in [4.78, 5) is 23.2. The Morgan fingerprint density at radius 2 is 1.92 bits per heavy atom. The normalized spacial score (nSPS) is 17.6. The lowest BCUT2D eigenvalue weighted by Crippen LogP contribution is -2.43. The van der Waals surface area contributed by atoms with Gasteiger partial charge in [-0.1, -0.05) is 35.5 Å². The minimum Gasteiger partial charge on any atom is -0.379 e. The van der Waals surface area contributed by atoms with E-state index in [9.17, 15) is 4.79 Å². The number of hydrogen-bond acceptors (Lipinski definition) is 9. The lowest BCUT2D eigenvalue weighted by Gasteiger charge is -2.43. The van der Waals surface area contributed by atoms with Gasteiger partial charge in [0.1, 0.15) is 11.1 Å². The second-order valence-electron chi connectivity index (χ2n) is 12.8. The second kappa shape index (κ2) is 17.3. The third-order valence-electron chi connectivity index (χ3n) is 9.03. The number of hydrogen-bond donors (Lipinski definition) is 6. The number of halogens is 2. The van der Waals surface area contributed by atoms with Crippen LogP contribution in [0.15, 0.2) is 53.5 Å². The predicted molar refractivity (Wildman–Crippen MR) is 204 cm³/mol. The van der Waals surface area contributed by atoms with Crippen LogP contribution in [0.25, 0.3) is 28.0 Å². The zero-order valence-corrected chi connectivity index (χ0v) is 30.2. The third kappa shape index (κ3) is 9.87. The minimum absolute atomic E-state index is 0.0519. The Kier molecular flexibility index (Phi) is 13.2. The Morgan fingerprint density at radius 3 is 2.63 bits per heavy atom. The van der Waals surface area contributed by atoms with E-state index in [-0.39, 0.29) is 27.8 Å². The van der Waals surface area contributed by atoms with Crippen LogP contribution in [0.2, 0.25) is 5.02 Å². The minimum atomic E-state index is -0.520.